The summed E-state index contributed by atoms with van der Waals surface area (Å²) < 4.78 is 0. The Labute approximate surface area is 113 Å². The number of amides is 1. The van der Waals surface area contributed by atoms with Crippen LogP contribution in [0.3, 0.4) is 0 Å². The second-order valence-electron chi connectivity index (χ2n) is 4.48. The predicted octanol–water partition coefficient (Wildman–Crippen LogP) is 2.20. The number of nitrogens with one attached hydrogen (secondary N) is 2. The zero-order chi connectivity index (χ0) is 13.7. The largest absolute Gasteiger partial charge is 0.375 e. The molecule has 1 rings (SSSR count). The summed E-state index contributed by atoms with van der Waals surface area (Å²) in [6, 6.07) is 5.49. The minimum atomic E-state index is -0.0935. The summed E-state index contributed by atoms with van der Waals surface area (Å²) in [5.41, 5.74) is 1.56. The fraction of sp³-hybridized carbons (Fsp3) is 0.462. The smallest absolute Gasteiger partial charge is 0.228 e. The van der Waals surface area contributed by atoms with E-state index in [-0.39, 0.29) is 11.8 Å². The molecule has 0 fully saturated rings. The molecule has 1 aromatic carbocycles. The van der Waals surface area contributed by atoms with Gasteiger partial charge in [-0.3, -0.25) is 4.79 Å². The number of carbonyl (C=O) groups excluding carboxylic acids is 1. The van der Waals surface area contributed by atoms with Crippen LogP contribution in [0.1, 0.15) is 6.92 Å². The van der Waals surface area contributed by atoms with Gasteiger partial charge in [0.25, 0.3) is 0 Å². The first-order valence-corrected chi connectivity index (χ1v) is 6.26. The van der Waals surface area contributed by atoms with Crippen LogP contribution in [0.25, 0.3) is 0 Å². The molecular formula is C13H20ClN3O. The molecule has 0 spiro atoms. The molecule has 0 bridgehead atoms. The van der Waals surface area contributed by atoms with E-state index >= 15 is 0 Å². The van der Waals surface area contributed by atoms with Gasteiger partial charge < -0.3 is 15.5 Å². The third-order valence-electron chi connectivity index (χ3n) is 2.65. The summed E-state index contributed by atoms with van der Waals surface area (Å²) in [6.07, 6.45) is 0. The second-order valence-corrected chi connectivity index (χ2v) is 4.89. The van der Waals surface area contributed by atoms with Gasteiger partial charge in [-0.2, -0.15) is 0 Å². The molecule has 0 heterocycles. The monoisotopic (exact) mass is 269 g/mol. The van der Waals surface area contributed by atoms with Crippen LogP contribution in [0.2, 0.25) is 5.02 Å². The quantitative estimate of drug-likeness (QED) is 0.861. The van der Waals surface area contributed by atoms with Crippen LogP contribution in [-0.2, 0) is 4.79 Å². The Morgan fingerprint density at radius 2 is 2.11 bits per heavy atom. The molecule has 100 valence electrons. The molecule has 0 aliphatic carbocycles. The lowest BCUT2D eigenvalue weighted by Gasteiger charge is -2.20. The maximum Gasteiger partial charge on any atom is 0.228 e. The maximum atomic E-state index is 12.0. The van der Waals surface area contributed by atoms with Crippen LogP contribution in [0.15, 0.2) is 18.2 Å². The fourth-order valence-electron chi connectivity index (χ4n) is 1.73. The first-order valence-electron chi connectivity index (χ1n) is 5.88. The van der Waals surface area contributed by atoms with Gasteiger partial charge in [0, 0.05) is 26.6 Å². The van der Waals surface area contributed by atoms with Crippen molar-refractivity contribution in [3.05, 3.63) is 23.2 Å². The molecule has 0 aromatic heterocycles. The summed E-state index contributed by atoms with van der Waals surface area (Å²) in [5.74, 6) is -0.112. The van der Waals surface area contributed by atoms with E-state index in [9.17, 15) is 4.79 Å². The van der Waals surface area contributed by atoms with Gasteiger partial charge in [-0.1, -0.05) is 24.6 Å². The van der Waals surface area contributed by atoms with Gasteiger partial charge >= 0.3 is 0 Å². The minimum absolute atomic E-state index is 0.0188. The summed E-state index contributed by atoms with van der Waals surface area (Å²) >= 11 is 6.14. The summed E-state index contributed by atoms with van der Waals surface area (Å²) in [5, 5.41) is 6.52. The number of hydrogen-bond acceptors (Lipinski definition) is 3. The van der Waals surface area contributed by atoms with Gasteiger partial charge in [0.05, 0.1) is 16.4 Å². The number of carbonyl (C=O) groups is 1. The van der Waals surface area contributed by atoms with Gasteiger partial charge in [0.1, 0.15) is 0 Å². The zero-order valence-corrected chi connectivity index (χ0v) is 12.0. The van der Waals surface area contributed by atoms with E-state index < -0.39 is 0 Å². The molecule has 0 radical (unpaired) electrons. The van der Waals surface area contributed by atoms with Crippen LogP contribution in [0, 0.1) is 5.92 Å². The van der Waals surface area contributed by atoms with Gasteiger partial charge in [-0.05, 0) is 19.2 Å². The average molecular weight is 270 g/mol. The van der Waals surface area contributed by atoms with Crippen LogP contribution in [0.4, 0.5) is 11.4 Å². The first-order chi connectivity index (χ1) is 8.47. The lowest BCUT2D eigenvalue weighted by Crippen LogP contribution is -2.29. The summed E-state index contributed by atoms with van der Waals surface area (Å²) in [4.78, 5) is 13.9. The highest BCUT2D eigenvalue weighted by molar-refractivity contribution is 6.34. The standard InChI is InChI=1S/C13H20ClN3O/c1-9(8-15-2)13(18)16-11-7-5-6-10(14)12(11)17(3)4/h5-7,9,15H,8H2,1-4H3,(H,16,18). The Morgan fingerprint density at radius 3 is 2.67 bits per heavy atom. The van der Waals surface area contributed by atoms with Gasteiger partial charge in [0.2, 0.25) is 5.91 Å². The van der Waals surface area contributed by atoms with Crippen molar-refractivity contribution < 1.29 is 4.79 Å². The van der Waals surface area contributed by atoms with Gasteiger partial charge in [-0.25, -0.2) is 0 Å². The van der Waals surface area contributed by atoms with E-state index in [1.54, 1.807) is 0 Å². The van der Waals surface area contributed by atoms with E-state index in [0.717, 1.165) is 11.4 Å². The molecule has 4 nitrogen and oxygen atoms in total. The molecule has 1 unspecified atom stereocenters. The number of rotatable bonds is 5. The lowest BCUT2D eigenvalue weighted by atomic mass is 10.1. The molecule has 1 aromatic rings. The molecule has 2 N–H and O–H groups in total. The third kappa shape index (κ3) is 3.62. The van der Waals surface area contributed by atoms with Crippen molar-refractivity contribution in [2.45, 2.75) is 6.92 Å². The number of benzene rings is 1. The van der Waals surface area contributed by atoms with E-state index in [4.69, 9.17) is 11.6 Å². The van der Waals surface area contributed by atoms with E-state index in [1.807, 2.05) is 51.2 Å². The van der Waals surface area contributed by atoms with Crippen molar-refractivity contribution in [2.24, 2.45) is 5.92 Å². The lowest BCUT2D eigenvalue weighted by molar-refractivity contribution is -0.119. The second kappa shape index (κ2) is 6.61. The van der Waals surface area contributed by atoms with Crippen LogP contribution in [-0.4, -0.2) is 33.6 Å². The average Bonchev–Trinajstić information content (AvgIpc) is 2.28. The van der Waals surface area contributed by atoms with Crippen molar-refractivity contribution in [1.29, 1.82) is 0 Å². The predicted molar refractivity (Wildman–Crippen MR) is 77.5 cm³/mol. The number of para-hydroxylation sites is 1. The summed E-state index contributed by atoms with van der Waals surface area (Å²) in [6.45, 7) is 2.52. The Bertz CT molecular complexity index is 421. The van der Waals surface area contributed by atoms with E-state index in [0.29, 0.717) is 11.6 Å². The molecule has 0 saturated heterocycles. The molecule has 0 aliphatic rings. The SMILES string of the molecule is CNCC(C)C(=O)Nc1cccc(Cl)c1N(C)C. The van der Waals surface area contributed by atoms with Gasteiger partial charge in [0.15, 0.2) is 0 Å². The van der Waals surface area contributed by atoms with Crippen LogP contribution in [0.5, 0.6) is 0 Å². The molecule has 0 aliphatic heterocycles. The van der Waals surface area contributed by atoms with Crippen molar-refractivity contribution in [3.63, 3.8) is 0 Å². The Balaban J connectivity index is 2.91. The molecule has 5 heteroatoms. The van der Waals surface area contributed by atoms with Crippen LogP contribution >= 0.6 is 11.6 Å². The summed E-state index contributed by atoms with van der Waals surface area (Å²) in [7, 11) is 5.62. The van der Waals surface area contributed by atoms with Crippen molar-refractivity contribution in [2.75, 3.05) is 37.9 Å². The Kier molecular flexibility index (Phi) is 5.44. The van der Waals surface area contributed by atoms with Crippen molar-refractivity contribution >= 4 is 28.9 Å². The number of nitrogens with zero attached hydrogens (tertiary/aromatic N) is 1. The number of hydrogen-bond donors (Lipinski definition) is 2. The highest BCUT2D eigenvalue weighted by Gasteiger charge is 2.15. The van der Waals surface area contributed by atoms with E-state index in [2.05, 4.69) is 10.6 Å². The van der Waals surface area contributed by atoms with Gasteiger partial charge in [-0.15, -0.1) is 0 Å². The van der Waals surface area contributed by atoms with Crippen LogP contribution < -0.4 is 15.5 Å². The Morgan fingerprint density at radius 1 is 1.44 bits per heavy atom. The highest BCUT2D eigenvalue weighted by atomic mass is 35.5. The van der Waals surface area contributed by atoms with Crippen molar-refractivity contribution in [3.8, 4) is 0 Å². The van der Waals surface area contributed by atoms with E-state index in [1.165, 1.54) is 0 Å². The molecule has 18 heavy (non-hydrogen) atoms. The minimum Gasteiger partial charge on any atom is -0.375 e. The molecule has 0 saturated carbocycles. The molecular weight excluding hydrogens is 250 g/mol. The number of anilines is 2. The molecule has 1 atom stereocenters. The highest BCUT2D eigenvalue weighted by Crippen LogP contribution is 2.32. The maximum absolute atomic E-state index is 12.0. The zero-order valence-electron chi connectivity index (χ0n) is 11.2. The third-order valence-corrected chi connectivity index (χ3v) is 2.95. The number of halogens is 1. The van der Waals surface area contributed by atoms with Crippen molar-refractivity contribution in [1.82, 2.24) is 5.32 Å². The Hall–Kier alpha value is -1.26. The first kappa shape index (κ1) is 14.8. The fourth-order valence-corrected chi connectivity index (χ4v) is 2.07. The topological polar surface area (TPSA) is 44.4 Å². The normalized spacial score (nSPS) is 12.1. The molecule has 1 amide bonds.